The number of hydrogen-bond acceptors (Lipinski definition) is 2. The third kappa shape index (κ3) is 1.59. The summed E-state index contributed by atoms with van der Waals surface area (Å²) in [6.07, 6.45) is 7.01. The fourth-order valence-corrected chi connectivity index (χ4v) is 3.66. The van der Waals surface area contributed by atoms with E-state index in [4.69, 9.17) is 0 Å². The van der Waals surface area contributed by atoms with Gasteiger partial charge in [0.2, 0.25) is 0 Å². The van der Waals surface area contributed by atoms with Crippen molar-refractivity contribution in [3.8, 4) is 0 Å². The summed E-state index contributed by atoms with van der Waals surface area (Å²) in [6.45, 7) is 2.88. The second-order valence-electron chi connectivity index (χ2n) is 5.57. The number of likely N-dealkylation sites (tertiary alicyclic amines) is 1. The van der Waals surface area contributed by atoms with Gasteiger partial charge in [-0.15, -0.1) is 0 Å². The first-order valence-corrected chi connectivity index (χ1v) is 6.21. The Morgan fingerprint density at radius 3 is 2.64 bits per heavy atom. The van der Waals surface area contributed by atoms with Crippen molar-refractivity contribution < 1.29 is 5.11 Å². The molecule has 3 aliphatic rings. The Balaban J connectivity index is 1.51. The summed E-state index contributed by atoms with van der Waals surface area (Å²) in [5.74, 6) is 3.18. The predicted octanol–water partition coefficient (Wildman–Crippen LogP) is 1.49. The molecule has 0 radical (unpaired) electrons. The zero-order valence-electron chi connectivity index (χ0n) is 8.86. The lowest BCUT2D eigenvalue weighted by atomic mass is 10.0. The largest absolute Gasteiger partial charge is 0.395 e. The highest BCUT2D eigenvalue weighted by Crippen LogP contribution is 2.54. The molecule has 0 aromatic carbocycles. The van der Waals surface area contributed by atoms with Crippen LogP contribution in [0.25, 0.3) is 0 Å². The van der Waals surface area contributed by atoms with E-state index in [0.29, 0.717) is 12.6 Å². The Hall–Kier alpha value is -0.0800. The maximum atomic E-state index is 9.23. The molecule has 3 rings (SSSR count). The Morgan fingerprint density at radius 1 is 1.14 bits per heavy atom. The molecule has 2 nitrogen and oxygen atoms in total. The van der Waals surface area contributed by atoms with Crippen LogP contribution in [0.2, 0.25) is 0 Å². The van der Waals surface area contributed by atoms with Crippen LogP contribution in [0.4, 0.5) is 0 Å². The second kappa shape index (κ2) is 3.49. The van der Waals surface area contributed by atoms with Gasteiger partial charge in [-0.3, -0.25) is 4.90 Å². The van der Waals surface area contributed by atoms with Crippen molar-refractivity contribution in [2.24, 2.45) is 17.8 Å². The highest BCUT2D eigenvalue weighted by molar-refractivity contribution is 4.97. The molecule has 1 aliphatic heterocycles. The Bertz CT molecular complexity index is 208. The minimum atomic E-state index is 0.375. The van der Waals surface area contributed by atoms with E-state index < -0.39 is 0 Å². The molecule has 1 heterocycles. The van der Waals surface area contributed by atoms with Crippen LogP contribution in [0.15, 0.2) is 0 Å². The van der Waals surface area contributed by atoms with Crippen molar-refractivity contribution in [2.75, 3.05) is 19.7 Å². The van der Waals surface area contributed by atoms with Gasteiger partial charge in [0, 0.05) is 12.6 Å². The Morgan fingerprint density at radius 2 is 1.93 bits per heavy atom. The average molecular weight is 195 g/mol. The zero-order valence-corrected chi connectivity index (χ0v) is 8.86. The van der Waals surface area contributed by atoms with Crippen molar-refractivity contribution in [3.05, 3.63) is 0 Å². The molecule has 0 aromatic rings. The van der Waals surface area contributed by atoms with E-state index in [1.54, 1.807) is 0 Å². The van der Waals surface area contributed by atoms with Crippen LogP contribution < -0.4 is 0 Å². The molecule has 0 spiro atoms. The van der Waals surface area contributed by atoms with E-state index in [9.17, 15) is 5.11 Å². The van der Waals surface area contributed by atoms with Crippen LogP contribution in [0.1, 0.15) is 32.1 Å². The van der Waals surface area contributed by atoms with Crippen molar-refractivity contribution in [1.29, 1.82) is 0 Å². The van der Waals surface area contributed by atoms with Gasteiger partial charge in [0.25, 0.3) is 0 Å². The number of rotatable bonds is 3. The molecule has 2 unspecified atom stereocenters. The third-order valence-electron chi connectivity index (χ3n) is 4.54. The van der Waals surface area contributed by atoms with Crippen LogP contribution in [0, 0.1) is 17.8 Å². The van der Waals surface area contributed by atoms with Gasteiger partial charge in [-0.2, -0.15) is 0 Å². The van der Waals surface area contributed by atoms with Crippen molar-refractivity contribution in [1.82, 2.24) is 4.90 Å². The highest BCUT2D eigenvalue weighted by atomic mass is 16.3. The highest BCUT2D eigenvalue weighted by Gasteiger charge is 2.46. The van der Waals surface area contributed by atoms with Gasteiger partial charge in [-0.1, -0.05) is 0 Å². The summed E-state index contributed by atoms with van der Waals surface area (Å²) >= 11 is 0. The topological polar surface area (TPSA) is 23.5 Å². The van der Waals surface area contributed by atoms with E-state index in [2.05, 4.69) is 4.90 Å². The van der Waals surface area contributed by atoms with E-state index in [1.165, 1.54) is 45.2 Å². The molecule has 2 heteroatoms. The molecule has 3 fully saturated rings. The number of hydrogen-bond donors (Lipinski definition) is 1. The predicted molar refractivity (Wildman–Crippen MR) is 56.0 cm³/mol. The van der Waals surface area contributed by atoms with Gasteiger partial charge in [-0.25, -0.2) is 0 Å². The van der Waals surface area contributed by atoms with Gasteiger partial charge >= 0.3 is 0 Å². The monoisotopic (exact) mass is 195 g/mol. The minimum Gasteiger partial charge on any atom is -0.395 e. The summed E-state index contributed by atoms with van der Waals surface area (Å²) < 4.78 is 0. The molecule has 80 valence electrons. The smallest absolute Gasteiger partial charge is 0.0586 e. The fraction of sp³-hybridized carbons (Fsp3) is 1.00. The summed E-state index contributed by atoms with van der Waals surface area (Å²) in [6, 6.07) is 0.493. The average Bonchev–Trinajstić information content (AvgIpc) is 2.66. The minimum absolute atomic E-state index is 0.375. The van der Waals surface area contributed by atoms with Crippen LogP contribution in [0.3, 0.4) is 0 Å². The molecule has 1 saturated heterocycles. The lowest BCUT2D eigenvalue weighted by molar-refractivity contribution is 0.140. The van der Waals surface area contributed by atoms with Crippen molar-refractivity contribution in [2.45, 2.75) is 38.1 Å². The fourth-order valence-electron chi connectivity index (χ4n) is 3.66. The molecule has 1 N–H and O–H groups in total. The lowest BCUT2D eigenvalue weighted by Crippen LogP contribution is -2.35. The number of fused-ring (bicyclic) bond motifs is 1. The molecule has 2 aliphatic carbocycles. The quantitative estimate of drug-likeness (QED) is 0.737. The molecule has 0 amide bonds. The van der Waals surface area contributed by atoms with Crippen LogP contribution in [0.5, 0.6) is 0 Å². The van der Waals surface area contributed by atoms with Crippen molar-refractivity contribution >= 4 is 0 Å². The molecular formula is C12H21NO. The van der Waals surface area contributed by atoms with Gasteiger partial charge in [0.05, 0.1) is 6.61 Å². The molecular weight excluding hydrogens is 174 g/mol. The van der Waals surface area contributed by atoms with Crippen LogP contribution >= 0.6 is 0 Å². The number of nitrogens with zero attached hydrogens (tertiary/aromatic N) is 1. The van der Waals surface area contributed by atoms with Crippen molar-refractivity contribution in [3.63, 3.8) is 0 Å². The first-order valence-electron chi connectivity index (χ1n) is 6.21. The van der Waals surface area contributed by atoms with E-state index in [0.717, 1.165) is 17.8 Å². The maximum Gasteiger partial charge on any atom is 0.0586 e. The van der Waals surface area contributed by atoms with E-state index >= 15 is 0 Å². The van der Waals surface area contributed by atoms with Gasteiger partial charge in [0.15, 0.2) is 0 Å². The van der Waals surface area contributed by atoms with Gasteiger partial charge in [0.1, 0.15) is 0 Å². The lowest BCUT2D eigenvalue weighted by Gasteiger charge is -2.26. The maximum absolute atomic E-state index is 9.23. The summed E-state index contributed by atoms with van der Waals surface area (Å²) in [7, 11) is 0. The summed E-state index contributed by atoms with van der Waals surface area (Å²) in [5.41, 5.74) is 0. The SMILES string of the molecule is OC[C@@H]1CCCN1CC1CC2CC2C1. The summed E-state index contributed by atoms with van der Waals surface area (Å²) in [4.78, 5) is 2.54. The molecule has 14 heavy (non-hydrogen) atoms. The molecule has 3 atom stereocenters. The first-order chi connectivity index (χ1) is 6.86. The standard InChI is InChI=1S/C12H21NO/c14-8-12-2-1-3-13(12)7-9-4-10-6-11(10)5-9/h9-12,14H,1-8H2/t9?,10?,11?,12-/m0/s1. The Kier molecular flexibility index (Phi) is 2.29. The van der Waals surface area contributed by atoms with Crippen LogP contribution in [-0.4, -0.2) is 35.7 Å². The second-order valence-corrected chi connectivity index (χ2v) is 5.57. The molecule has 0 aromatic heterocycles. The third-order valence-corrected chi connectivity index (χ3v) is 4.54. The zero-order chi connectivity index (χ0) is 9.54. The first kappa shape index (κ1) is 9.17. The summed E-state index contributed by atoms with van der Waals surface area (Å²) in [5, 5.41) is 9.23. The van der Waals surface area contributed by atoms with E-state index in [-0.39, 0.29) is 0 Å². The number of aliphatic hydroxyl groups is 1. The number of aliphatic hydroxyl groups excluding tert-OH is 1. The normalized spacial score (nSPS) is 46.9. The molecule has 2 saturated carbocycles. The molecule has 0 bridgehead atoms. The van der Waals surface area contributed by atoms with Gasteiger partial charge < -0.3 is 5.11 Å². The van der Waals surface area contributed by atoms with Crippen LogP contribution in [-0.2, 0) is 0 Å². The van der Waals surface area contributed by atoms with Gasteiger partial charge in [-0.05, 0) is 56.4 Å². The Labute approximate surface area is 86.3 Å². The van der Waals surface area contributed by atoms with E-state index in [1.807, 2.05) is 0 Å².